The molecule has 126 valence electrons. The Morgan fingerprint density at radius 1 is 1.39 bits per heavy atom. The van der Waals surface area contributed by atoms with Gasteiger partial charge in [0, 0.05) is 18.8 Å². The molecule has 0 unspecified atom stereocenters. The molecule has 0 atom stereocenters. The maximum absolute atomic E-state index is 13.9. The van der Waals surface area contributed by atoms with E-state index in [-0.39, 0.29) is 10.5 Å². The molecule has 0 saturated carbocycles. The van der Waals surface area contributed by atoms with E-state index in [2.05, 4.69) is 10.3 Å². The van der Waals surface area contributed by atoms with Crippen LogP contribution in [-0.4, -0.2) is 49.2 Å². The van der Waals surface area contributed by atoms with Crippen molar-refractivity contribution in [1.29, 1.82) is 0 Å². The van der Waals surface area contributed by atoms with Gasteiger partial charge in [0.2, 0.25) is 10.0 Å². The minimum Gasteiger partial charge on any atom is -0.301 e. The number of thioether (sulfide) groups is 1. The Morgan fingerprint density at radius 3 is 2.65 bits per heavy atom. The predicted molar refractivity (Wildman–Crippen MR) is 88.7 cm³/mol. The molecule has 0 aliphatic carbocycles. The lowest BCUT2D eigenvalue weighted by atomic mass is 10.2. The van der Waals surface area contributed by atoms with Crippen molar-refractivity contribution >= 4 is 32.9 Å². The van der Waals surface area contributed by atoms with E-state index >= 15 is 0 Å². The SMILES string of the molecule is CCN(CC)S(=O)(=O)c1ccc(F)c(C(=O)NC2=NCCS2)c1. The second-order valence-electron chi connectivity index (χ2n) is 4.72. The van der Waals surface area contributed by atoms with Crippen LogP contribution in [0.25, 0.3) is 0 Å². The van der Waals surface area contributed by atoms with Gasteiger partial charge in [-0.25, -0.2) is 12.8 Å². The van der Waals surface area contributed by atoms with Gasteiger partial charge in [0.25, 0.3) is 5.91 Å². The van der Waals surface area contributed by atoms with Crippen molar-refractivity contribution in [3.05, 3.63) is 29.6 Å². The summed E-state index contributed by atoms with van der Waals surface area (Å²) in [6.07, 6.45) is 0. The summed E-state index contributed by atoms with van der Waals surface area (Å²) in [5.74, 6) is -0.717. The quantitative estimate of drug-likeness (QED) is 0.868. The largest absolute Gasteiger partial charge is 0.301 e. The van der Waals surface area contributed by atoms with Crippen molar-refractivity contribution in [3.8, 4) is 0 Å². The van der Waals surface area contributed by atoms with Gasteiger partial charge in [-0.1, -0.05) is 25.6 Å². The van der Waals surface area contributed by atoms with E-state index in [4.69, 9.17) is 0 Å². The third-order valence-corrected chi connectivity index (χ3v) is 6.27. The van der Waals surface area contributed by atoms with Crippen LogP contribution in [0.3, 0.4) is 0 Å². The zero-order chi connectivity index (χ0) is 17.0. The fourth-order valence-electron chi connectivity index (χ4n) is 2.13. The Labute approximate surface area is 139 Å². The molecule has 1 aliphatic heterocycles. The lowest BCUT2D eigenvalue weighted by Crippen LogP contribution is -2.31. The number of sulfonamides is 1. The summed E-state index contributed by atoms with van der Waals surface area (Å²) in [4.78, 5) is 16.1. The molecule has 23 heavy (non-hydrogen) atoms. The first-order valence-electron chi connectivity index (χ1n) is 7.18. The van der Waals surface area contributed by atoms with E-state index in [1.807, 2.05) is 0 Å². The summed E-state index contributed by atoms with van der Waals surface area (Å²) in [7, 11) is -3.75. The second-order valence-corrected chi connectivity index (χ2v) is 7.74. The number of amidine groups is 1. The minimum atomic E-state index is -3.75. The number of benzene rings is 1. The van der Waals surface area contributed by atoms with Crippen molar-refractivity contribution in [2.45, 2.75) is 18.7 Å². The Hall–Kier alpha value is -1.45. The van der Waals surface area contributed by atoms with Gasteiger partial charge in [0.1, 0.15) is 5.82 Å². The molecule has 1 aliphatic rings. The molecule has 1 N–H and O–H groups in total. The van der Waals surface area contributed by atoms with Gasteiger partial charge in [-0.2, -0.15) is 4.31 Å². The van der Waals surface area contributed by atoms with Crippen LogP contribution in [0.2, 0.25) is 0 Å². The number of aliphatic imine (C=N–C) groups is 1. The van der Waals surface area contributed by atoms with Crippen LogP contribution in [0.5, 0.6) is 0 Å². The van der Waals surface area contributed by atoms with Gasteiger partial charge in [0.05, 0.1) is 17.0 Å². The molecule has 1 aromatic carbocycles. The maximum atomic E-state index is 13.9. The fraction of sp³-hybridized carbons (Fsp3) is 0.429. The molecule has 6 nitrogen and oxygen atoms in total. The Bertz CT molecular complexity index is 731. The average molecular weight is 359 g/mol. The summed E-state index contributed by atoms with van der Waals surface area (Å²) in [6.45, 7) is 4.62. The number of nitrogens with one attached hydrogen (secondary N) is 1. The van der Waals surface area contributed by atoms with E-state index in [1.165, 1.54) is 22.1 Å². The molecule has 0 spiro atoms. The molecule has 2 rings (SSSR count). The zero-order valence-electron chi connectivity index (χ0n) is 12.9. The fourth-order valence-corrected chi connectivity index (χ4v) is 4.33. The van der Waals surface area contributed by atoms with Crippen molar-refractivity contribution in [3.63, 3.8) is 0 Å². The Morgan fingerprint density at radius 2 is 2.09 bits per heavy atom. The summed E-state index contributed by atoms with van der Waals surface area (Å²) < 4.78 is 40.1. The topological polar surface area (TPSA) is 78.8 Å². The first-order chi connectivity index (χ1) is 10.9. The van der Waals surface area contributed by atoms with E-state index in [1.54, 1.807) is 13.8 Å². The predicted octanol–water partition coefficient (Wildman–Crippen LogP) is 1.69. The smallest absolute Gasteiger partial charge is 0.260 e. The van der Waals surface area contributed by atoms with Gasteiger partial charge in [-0.05, 0) is 18.2 Å². The standard InChI is InChI=1S/C14H18FN3O3S2/c1-3-18(4-2)23(20,21)10-5-6-12(15)11(9-10)13(19)17-14-16-7-8-22-14/h5-6,9H,3-4,7-8H2,1-2H3,(H,16,17,19). The van der Waals surface area contributed by atoms with E-state index in [9.17, 15) is 17.6 Å². The summed E-state index contributed by atoms with van der Waals surface area (Å²) in [5, 5.41) is 2.92. The first kappa shape index (κ1) is 17.9. The van der Waals surface area contributed by atoms with Crippen LogP contribution in [0.1, 0.15) is 24.2 Å². The van der Waals surface area contributed by atoms with E-state index in [0.717, 1.165) is 17.9 Å². The monoisotopic (exact) mass is 359 g/mol. The van der Waals surface area contributed by atoms with Gasteiger partial charge in [-0.15, -0.1) is 0 Å². The molecular formula is C14H18FN3O3S2. The highest BCUT2D eigenvalue weighted by Crippen LogP contribution is 2.20. The lowest BCUT2D eigenvalue weighted by Gasteiger charge is -2.18. The highest BCUT2D eigenvalue weighted by Gasteiger charge is 2.24. The highest BCUT2D eigenvalue weighted by molar-refractivity contribution is 8.14. The number of halogens is 1. The van der Waals surface area contributed by atoms with Crippen LogP contribution in [0.4, 0.5) is 4.39 Å². The number of nitrogens with zero attached hydrogens (tertiary/aromatic N) is 2. The zero-order valence-corrected chi connectivity index (χ0v) is 14.5. The van der Waals surface area contributed by atoms with Crippen LogP contribution in [0.15, 0.2) is 28.1 Å². The van der Waals surface area contributed by atoms with Crippen molar-refractivity contribution in [2.75, 3.05) is 25.4 Å². The lowest BCUT2D eigenvalue weighted by molar-refractivity contribution is 0.0974. The van der Waals surface area contributed by atoms with Gasteiger partial charge in [-0.3, -0.25) is 9.79 Å². The average Bonchev–Trinajstić information content (AvgIpc) is 3.01. The van der Waals surface area contributed by atoms with E-state index < -0.39 is 21.7 Å². The molecular weight excluding hydrogens is 341 g/mol. The number of hydrogen-bond donors (Lipinski definition) is 1. The maximum Gasteiger partial charge on any atom is 0.260 e. The summed E-state index contributed by atoms with van der Waals surface area (Å²) in [5.41, 5.74) is -0.312. The third kappa shape index (κ3) is 3.91. The molecule has 0 radical (unpaired) electrons. The third-order valence-electron chi connectivity index (χ3n) is 3.33. The number of amides is 1. The highest BCUT2D eigenvalue weighted by atomic mass is 32.2. The molecule has 0 aromatic heterocycles. The Kier molecular flexibility index (Phi) is 5.77. The molecule has 9 heteroatoms. The first-order valence-corrected chi connectivity index (χ1v) is 9.61. The van der Waals surface area contributed by atoms with Crippen LogP contribution in [0, 0.1) is 5.82 Å². The number of hydrogen-bond acceptors (Lipinski definition) is 5. The molecule has 1 aromatic rings. The van der Waals surface area contributed by atoms with Crippen LogP contribution >= 0.6 is 11.8 Å². The van der Waals surface area contributed by atoms with Crippen LogP contribution in [-0.2, 0) is 10.0 Å². The van der Waals surface area contributed by atoms with Gasteiger partial charge in [0.15, 0.2) is 5.17 Å². The van der Waals surface area contributed by atoms with Crippen LogP contribution < -0.4 is 5.32 Å². The molecule has 1 amide bonds. The molecule has 0 fully saturated rings. The Balaban J connectivity index is 2.33. The molecule has 0 bridgehead atoms. The number of carbonyl (C=O) groups excluding carboxylic acids is 1. The van der Waals surface area contributed by atoms with E-state index in [0.29, 0.717) is 24.8 Å². The second kappa shape index (κ2) is 7.41. The minimum absolute atomic E-state index is 0.103. The van der Waals surface area contributed by atoms with Gasteiger partial charge >= 0.3 is 0 Å². The summed E-state index contributed by atoms with van der Waals surface area (Å²) in [6, 6.07) is 3.23. The molecule has 1 heterocycles. The van der Waals surface area contributed by atoms with Gasteiger partial charge < -0.3 is 5.32 Å². The van der Waals surface area contributed by atoms with Crippen molar-refractivity contribution in [2.24, 2.45) is 4.99 Å². The van der Waals surface area contributed by atoms with Crippen molar-refractivity contribution in [1.82, 2.24) is 9.62 Å². The molecule has 0 saturated heterocycles. The number of rotatable bonds is 5. The van der Waals surface area contributed by atoms with Crippen molar-refractivity contribution < 1.29 is 17.6 Å². The number of carbonyl (C=O) groups is 1. The normalized spacial score (nSPS) is 14.9. The summed E-state index contributed by atoms with van der Waals surface area (Å²) >= 11 is 1.36.